The lowest BCUT2D eigenvalue weighted by Gasteiger charge is -2.13. The molecule has 0 amide bonds. The fraction of sp³-hybridized carbons (Fsp3) is 0.593. The van der Waals surface area contributed by atoms with E-state index in [1.54, 1.807) is 6.07 Å². The molecule has 3 heteroatoms. The van der Waals surface area contributed by atoms with Crippen LogP contribution < -0.4 is 4.74 Å². The van der Waals surface area contributed by atoms with Gasteiger partial charge in [-0.05, 0) is 48.4 Å². The molecule has 2 aromatic rings. The van der Waals surface area contributed by atoms with Crippen LogP contribution in [-0.2, 0) is 6.42 Å². The van der Waals surface area contributed by atoms with Gasteiger partial charge in [-0.25, -0.2) is 4.39 Å². The highest BCUT2D eigenvalue weighted by Gasteiger charge is 2.10. The van der Waals surface area contributed by atoms with Crippen molar-refractivity contribution < 1.29 is 9.13 Å². The Labute approximate surface area is 183 Å². The van der Waals surface area contributed by atoms with Crippen molar-refractivity contribution in [1.82, 2.24) is 4.98 Å². The van der Waals surface area contributed by atoms with Gasteiger partial charge in [-0.15, -0.1) is 0 Å². The highest BCUT2D eigenvalue weighted by molar-refractivity contribution is 5.61. The van der Waals surface area contributed by atoms with Crippen LogP contribution in [0, 0.1) is 17.7 Å². The molecule has 0 saturated heterocycles. The number of hydrogen-bond donors (Lipinski definition) is 0. The molecule has 166 valence electrons. The quantitative estimate of drug-likeness (QED) is 0.291. The minimum atomic E-state index is -0.277. The second-order valence-electron chi connectivity index (χ2n) is 9.09. The van der Waals surface area contributed by atoms with Crippen molar-refractivity contribution >= 4 is 0 Å². The summed E-state index contributed by atoms with van der Waals surface area (Å²) in [4.78, 5) is 4.52. The van der Waals surface area contributed by atoms with E-state index in [2.05, 4.69) is 38.7 Å². The van der Waals surface area contributed by atoms with Gasteiger partial charge in [-0.2, -0.15) is 0 Å². The summed E-state index contributed by atoms with van der Waals surface area (Å²) in [6, 6.07) is 9.12. The first-order chi connectivity index (χ1) is 14.5. The zero-order valence-electron chi connectivity index (χ0n) is 19.4. The molecule has 0 N–H and O–H groups in total. The summed E-state index contributed by atoms with van der Waals surface area (Å²) >= 11 is 0. The summed E-state index contributed by atoms with van der Waals surface area (Å²) in [7, 11) is 0. The molecule has 1 aromatic heterocycles. The molecule has 0 aliphatic rings. The molecule has 2 nitrogen and oxygen atoms in total. The SMILES string of the molecule is CCCCCCCOc1ccc(-c2ccc(CC(C)CCCC(C)C)cn2)c(F)c1. The molecule has 1 heterocycles. The van der Waals surface area contributed by atoms with Crippen LogP contribution in [0.5, 0.6) is 5.75 Å². The maximum absolute atomic E-state index is 14.6. The highest BCUT2D eigenvalue weighted by Crippen LogP contribution is 2.26. The van der Waals surface area contributed by atoms with Gasteiger partial charge in [0.2, 0.25) is 0 Å². The molecule has 0 aliphatic carbocycles. The van der Waals surface area contributed by atoms with E-state index in [4.69, 9.17) is 4.74 Å². The van der Waals surface area contributed by atoms with Crippen LogP contribution in [0.2, 0.25) is 0 Å². The normalized spacial score (nSPS) is 12.3. The number of rotatable bonds is 14. The standard InChI is InChI=1S/C27H40FNO/c1-5-6-7-8-9-17-30-24-14-15-25(26(28)19-24)27-16-13-23(20-29-27)18-22(4)12-10-11-21(2)3/h13-16,19-22H,5-12,17-18H2,1-4H3. The van der Waals surface area contributed by atoms with Gasteiger partial charge in [0.1, 0.15) is 11.6 Å². The van der Waals surface area contributed by atoms with Gasteiger partial charge in [0.05, 0.1) is 12.3 Å². The molecule has 0 fully saturated rings. The maximum Gasteiger partial charge on any atom is 0.136 e. The number of hydrogen-bond acceptors (Lipinski definition) is 2. The molecule has 1 unspecified atom stereocenters. The van der Waals surface area contributed by atoms with Crippen LogP contribution in [0.25, 0.3) is 11.3 Å². The van der Waals surface area contributed by atoms with Crippen LogP contribution in [-0.4, -0.2) is 11.6 Å². The third-order valence-electron chi connectivity index (χ3n) is 5.62. The number of pyridine rings is 1. The molecule has 1 atom stereocenters. The number of aromatic nitrogens is 1. The first-order valence-electron chi connectivity index (χ1n) is 11.9. The van der Waals surface area contributed by atoms with Gasteiger partial charge in [0.25, 0.3) is 0 Å². The summed E-state index contributed by atoms with van der Waals surface area (Å²) in [6.07, 6.45) is 12.7. The van der Waals surface area contributed by atoms with E-state index in [-0.39, 0.29) is 5.82 Å². The molecular formula is C27H40FNO. The first kappa shape index (κ1) is 24.4. The van der Waals surface area contributed by atoms with Gasteiger partial charge >= 0.3 is 0 Å². The number of ether oxygens (including phenoxy) is 1. The zero-order valence-corrected chi connectivity index (χ0v) is 19.4. The van der Waals surface area contributed by atoms with Crippen molar-refractivity contribution in [2.75, 3.05) is 6.61 Å². The number of nitrogens with zero attached hydrogens (tertiary/aromatic N) is 1. The Bertz CT molecular complexity index is 726. The molecule has 0 spiro atoms. The highest BCUT2D eigenvalue weighted by atomic mass is 19.1. The molecule has 2 rings (SSSR count). The summed E-state index contributed by atoms with van der Waals surface area (Å²) in [5.74, 6) is 1.74. The van der Waals surface area contributed by atoms with Gasteiger partial charge in [-0.3, -0.25) is 4.98 Å². The van der Waals surface area contributed by atoms with E-state index < -0.39 is 0 Å². The van der Waals surface area contributed by atoms with Gasteiger partial charge < -0.3 is 4.74 Å². The van der Waals surface area contributed by atoms with Crippen molar-refractivity contribution in [3.63, 3.8) is 0 Å². The molecular weight excluding hydrogens is 373 g/mol. The largest absolute Gasteiger partial charge is 0.493 e. The van der Waals surface area contributed by atoms with Crippen LogP contribution in [0.4, 0.5) is 4.39 Å². The zero-order chi connectivity index (χ0) is 21.8. The minimum Gasteiger partial charge on any atom is -0.493 e. The van der Waals surface area contributed by atoms with Crippen LogP contribution >= 0.6 is 0 Å². The summed E-state index contributed by atoms with van der Waals surface area (Å²) in [6.45, 7) is 9.71. The topological polar surface area (TPSA) is 22.1 Å². The molecule has 0 bridgehead atoms. The number of halogens is 1. The minimum absolute atomic E-state index is 0.277. The fourth-order valence-electron chi connectivity index (χ4n) is 3.77. The van der Waals surface area contributed by atoms with Crippen molar-refractivity contribution in [3.8, 4) is 17.0 Å². The Kier molecular flexibility index (Phi) is 10.9. The molecule has 0 radical (unpaired) electrons. The Morgan fingerprint density at radius 2 is 1.73 bits per heavy atom. The second kappa shape index (κ2) is 13.4. The summed E-state index contributed by atoms with van der Waals surface area (Å²) in [5.41, 5.74) is 2.43. The Morgan fingerprint density at radius 1 is 0.933 bits per heavy atom. The van der Waals surface area contributed by atoms with E-state index >= 15 is 0 Å². The lowest BCUT2D eigenvalue weighted by molar-refractivity contribution is 0.303. The van der Waals surface area contributed by atoms with E-state index in [1.165, 1.54) is 56.6 Å². The summed E-state index contributed by atoms with van der Waals surface area (Å²) in [5, 5.41) is 0. The first-order valence-corrected chi connectivity index (χ1v) is 11.9. The van der Waals surface area contributed by atoms with Crippen molar-refractivity contribution in [2.45, 2.75) is 85.5 Å². The predicted molar refractivity (Wildman–Crippen MR) is 125 cm³/mol. The summed E-state index contributed by atoms with van der Waals surface area (Å²) < 4.78 is 20.3. The fourth-order valence-corrected chi connectivity index (χ4v) is 3.77. The molecule has 0 saturated carbocycles. The average Bonchev–Trinajstić information content (AvgIpc) is 2.71. The van der Waals surface area contributed by atoms with Crippen LogP contribution in [0.15, 0.2) is 36.5 Å². The third-order valence-corrected chi connectivity index (χ3v) is 5.62. The monoisotopic (exact) mass is 413 g/mol. The van der Waals surface area contributed by atoms with Crippen LogP contribution in [0.3, 0.4) is 0 Å². The van der Waals surface area contributed by atoms with Crippen molar-refractivity contribution in [2.24, 2.45) is 11.8 Å². The van der Waals surface area contributed by atoms with Gasteiger partial charge in [0.15, 0.2) is 0 Å². The molecule has 1 aromatic carbocycles. The third kappa shape index (κ3) is 8.85. The number of benzene rings is 1. The lowest BCUT2D eigenvalue weighted by atomic mass is 9.94. The molecule has 0 aliphatic heterocycles. The van der Waals surface area contributed by atoms with Gasteiger partial charge in [-0.1, -0.05) is 78.7 Å². The van der Waals surface area contributed by atoms with E-state index in [1.807, 2.05) is 18.3 Å². The van der Waals surface area contributed by atoms with Crippen molar-refractivity contribution in [1.29, 1.82) is 0 Å². The Morgan fingerprint density at radius 3 is 2.40 bits per heavy atom. The van der Waals surface area contributed by atoms with E-state index in [0.29, 0.717) is 29.5 Å². The van der Waals surface area contributed by atoms with E-state index in [0.717, 1.165) is 18.8 Å². The Hall–Kier alpha value is -1.90. The van der Waals surface area contributed by atoms with Crippen LogP contribution in [0.1, 0.15) is 84.6 Å². The van der Waals surface area contributed by atoms with Crippen molar-refractivity contribution in [3.05, 3.63) is 47.9 Å². The second-order valence-corrected chi connectivity index (χ2v) is 9.09. The Balaban J connectivity index is 1.85. The average molecular weight is 414 g/mol. The molecule has 30 heavy (non-hydrogen) atoms. The van der Waals surface area contributed by atoms with Gasteiger partial charge in [0, 0.05) is 17.8 Å². The lowest BCUT2D eigenvalue weighted by Crippen LogP contribution is -2.02. The predicted octanol–water partition coefficient (Wildman–Crippen LogP) is 8.24. The smallest absolute Gasteiger partial charge is 0.136 e. The maximum atomic E-state index is 14.6. The van der Waals surface area contributed by atoms with E-state index in [9.17, 15) is 4.39 Å². The number of unbranched alkanes of at least 4 members (excludes halogenated alkanes) is 4.